The molecule has 0 bridgehead atoms. The molecule has 5 heteroatoms. The fraction of sp³-hybridized carbons (Fsp3) is 0.800. The third-order valence-corrected chi connectivity index (χ3v) is 0.614. The Bertz CT molecular complexity index is 117. The number of amides is 1. The normalized spacial score (nSPS) is 10.8. The molecule has 0 rings (SSSR count). The highest BCUT2D eigenvalue weighted by Gasteiger charge is 2.18. The van der Waals surface area contributed by atoms with Gasteiger partial charge in [-0.2, -0.15) is 0 Å². The van der Waals surface area contributed by atoms with Gasteiger partial charge in [-0.1, -0.05) is 0 Å². The van der Waals surface area contributed by atoms with E-state index in [-0.39, 0.29) is 6.61 Å². The summed E-state index contributed by atoms with van der Waals surface area (Å²) in [5, 5.41) is 18.9. The monoisotopic (exact) mass is 149 g/mol. The molecule has 0 aromatic rings. The Balaban J connectivity index is 3.58. The van der Waals surface area contributed by atoms with E-state index in [1.165, 1.54) is 0 Å². The van der Waals surface area contributed by atoms with E-state index in [4.69, 9.17) is 10.2 Å². The van der Waals surface area contributed by atoms with Crippen molar-refractivity contribution in [3.63, 3.8) is 0 Å². The largest absolute Gasteiger partial charge is 0.450 e. The van der Waals surface area contributed by atoms with Crippen LogP contribution in [0.2, 0.25) is 0 Å². The van der Waals surface area contributed by atoms with Crippen molar-refractivity contribution in [3.8, 4) is 0 Å². The fourth-order valence-corrected chi connectivity index (χ4v) is 0.361. The predicted octanol–water partition coefficient (Wildman–Crippen LogP) is -0.609. The van der Waals surface area contributed by atoms with Crippen LogP contribution in [0.1, 0.15) is 13.8 Å². The molecule has 0 aromatic carbocycles. The van der Waals surface area contributed by atoms with Crippen molar-refractivity contribution in [3.05, 3.63) is 0 Å². The Labute approximate surface area is 58.6 Å². The van der Waals surface area contributed by atoms with Crippen molar-refractivity contribution in [2.75, 3.05) is 6.61 Å². The molecule has 10 heavy (non-hydrogen) atoms. The van der Waals surface area contributed by atoms with Gasteiger partial charge in [0.2, 0.25) is 5.91 Å². The predicted molar refractivity (Wildman–Crippen MR) is 33.0 cm³/mol. The Kier molecular flexibility index (Phi) is 3.11. The second kappa shape index (κ2) is 3.38. The maximum Gasteiger partial charge on any atom is 0.411 e. The summed E-state index contributed by atoms with van der Waals surface area (Å²) in [6, 6.07) is 0. The first kappa shape index (κ1) is 9.19. The van der Waals surface area contributed by atoms with Gasteiger partial charge in [-0.15, -0.1) is 0 Å². The van der Waals surface area contributed by atoms with E-state index in [0.717, 1.165) is 6.92 Å². The number of rotatable bonds is 2. The SMILES string of the molecule is CCOC(=O)NC(C)(O)O. The second-order valence-electron chi connectivity index (χ2n) is 1.87. The van der Waals surface area contributed by atoms with Crippen molar-refractivity contribution >= 4 is 6.09 Å². The van der Waals surface area contributed by atoms with Crippen LogP contribution in [0.25, 0.3) is 0 Å². The fourth-order valence-electron chi connectivity index (χ4n) is 0.361. The molecule has 0 unspecified atom stereocenters. The molecule has 0 spiro atoms. The lowest BCUT2D eigenvalue weighted by Gasteiger charge is -2.16. The molecule has 1 amide bonds. The van der Waals surface area contributed by atoms with E-state index in [0.29, 0.717) is 0 Å². The lowest BCUT2D eigenvalue weighted by molar-refractivity contribution is -0.162. The molecule has 0 aromatic heterocycles. The van der Waals surface area contributed by atoms with E-state index in [9.17, 15) is 4.79 Å². The van der Waals surface area contributed by atoms with E-state index in [1.807, 2.05) is 0 Å². The molecule has 0 heterocycles. The van der Waals surface area contributed by atoms with Gasteiger partial charge in [-0.3, -0.25) is 5.32 Å². The van der Waals surface area contributed by atoms with Crippen molar-refractivity contribution in [2.24, 2.45) is 0 Å². The average Bonchev–Trinajstić information content (AvgIpc) is 1.59. The van der Waals surface area contributed by atoms with Gasteiger partial charge in [0.1, 0.15) is 0 Å². The lowest BCUT2D eigenvalue weighted by atomic mass is 10.6. The summed E-state index contributed by atoms with van der Waals surface area (Å²) in [4.78, 5) is 10.4. The number of ether oxygens (including phenoxy) is 1. The molecule has 0 aliphatic heterocycles. The highest BCUT2D eigenvalue weighted by atomic mass is 16.6. The molecule has 0 aliphatic rings. The minimum absolute atomic E-state index is 0.196. The Morgan fingerprint density at radius 3 is 2.50 bits per heavy atom. The summed E-state index contributed by atoms with van der Waals surface area (Å²) in [6.45, 7) is 2.83. The maximum absolute atomic E-state index is 10.4. The molecule has 0 fully saturated rings. The number of hydrogen-bond donors (Lipinski definition) is 3. The smallest absolute Gasteiger partial charge is 0.411 e. The van der Waals surface area contributed by atoms with Gasteiger partial charge < -0.3 is 14.9 Å². The topological polar surface area (TPSA) is 78.8 Å². The standard InChI is InChI=1S/C5H11NO4/c1-3-10-4(7)6-5(2,8)9/h8-9H,3H2,1-2H3,(H,6,7). The average molecular weight is 149 g/mol. The van der Waals surface area contributed by atoms with Crippen LogP contribution >= 0.6 is 0 Å². The number of hydrogen-bond acceptors (Lipinski definition) is 4. The van der Waals surface area contributed by atoms with Crippen LogP contribution in [0.4, 0.5) is 4.79 Å². The first-order valence-electron chi connectivity index (χ1n) is 2.85. The molecule has 0 aliphatic carbocycles. The molecule has 0 atom stereocenters. The molecule has 0 saturated carbocycles. The van der Waals surface area contributed by atoms with Crippen LogP contribution in [0.5, 0.6) is 0 Å². The van der Waals surface area contributed by atoms with E-state index in [2.05, 4.69) is 4.74 Å². The van der Waals surface area contributed by atoms with Gasteiger partial charge in [0.05, 0.1) is 6.61 Å². The van der Waals surface area contributed by atoms with Crippen LogP contribution in [0.3, 0.4) is 0 Å². The highest BCUT2D eigenvalue weighted by Crippen LogP contribution is 1.90. The maximum atomic E-state index is 10.4. The summed E-state index contributed by atoms with van der Waals surface area (Å²) in [7, 11) is 0. The summed E-state index contributed by atoms with van der Waals surface area (Å²) < 4.78 is 4.35. The van der Waals surface area contributed by atoms with E-state index >= 15 is 0 Å². The number of aliphatic hydroxyl groups is 2. The molecule has 60 valence electrons. The number of nitrogens with one attached hydrogen (secondary N) is 1. The number of carbonyl (C=O) groups excluding carboxylic acids is 1. The van der Waals surface area contributed by atoms with Crippen molar-refractivity contribution in [2.45, 2.75) is 19.8 Å². The van der Waals surface area contributed by atoms with Gasteiger partial charge in [-0.05, 0) is 6.92 Å². The van der Waals surface area contributed by atoms with Gasteiger partial charge in [0.25, 0.3) is 0 Å². The summed E-state index contributed by atoms with van der Waals surface area (Å²) in [6.07, 6.45) is -0.852. The summed E-state index contributed by atoms with van der Waals surface area (Å²) in [5.41, 5.74) is 0. The van der Waals surface area contributed by atoms with Crippen molar-refractivity contribution in [1.29, 1.82) is 0 Å². The van der Waals surface area contributed by atoms with Crippen LogP contribution in [0.15, 0.2) is 0 Å². The van der Waals surface area contributed by atoms with Crippen LogP contribution in [0, 0.1) is 0 Å². The number of alkyl carbamates (subject to hydrolysis) is 1. The van der Waals surface area contributed by atoms with Gasteiger partial charge in [0, 0.05) is 6.92 Å². The Morgan fingerprint density at radius 2 is 2.20 bits per heavy atom. The van der Waals surface area contributed by atoms with Crippen LogP contribution in [-0.2, 0) is 4.74 Å². The lowest BCUT2D eigenvalue weighted by Crippen LogP contribution is -2.45. The van der Waals surface area contributed by atoms with E-state index < -0.39 is 12.0 Å². The Morgan fingerprint density at radius 1 is 1.70 bits per heavy atom. The van der Waals surface area contributed by atoms with Crippen LogP contribution in [-0.4, -0.2) is 28.8 Å². The van der Waals surface area contributed by atoms with Gasteiger partial charge in [-0.25, -0.2) is 4.79 Å². The molecule has 5 nitrogen and oxygen atoms in total. The van der Waals surface area contributed by atoms with Gasteiger partial charge in [0.15, 0.2) is 0 Å². The Hall–Kier alpha value is -0.810. The molecule has 0 saturated heterocycles. The zero-order chi connectivity index (χ0) is 8.20. The number of carbonyl (C=O) groups is 1. The zero-order valence-corrected chi connectivity index (χ0v) is 5.92. The molecular weight excluding hydrogens is 138 g/mol. The minimum atomic E-state index is -2.20. The first-order chi connectivity index (χ1) is 4.45. The molecule has 3 N–H and O–H groups in total. The van der Waals surface area contributed by atoms with Crippen molar-refractivity contribution < 1.29 is 19.7 Å². The quantitative estimate of drug-likeness (QED) is 0.458. The molecular formula is C5H11NO4. The summed E-state index contributed by atoms with van der Waals surface area (Å²) >= 11 is 0. The highest BCUT2D eigenvalue weighted by molar-refractivity contribution is 5.67. The minimum Gasteiger partial charge on any atom is -0.450 e. The van der Waals surface area contributed by atoms with Crippen molar-refractivity contribution in [1.82, 2.24) is 5.32 Å². The molecule has 0 radical (unpaired) electrons. The third kappa shape index (κ3) is 5.33. The van der Waals surface area contributed by atoms with Crippen LogP contribution < -0.4 is 5.32 Å². The van der Waals surface area contributed by atoms with Gasteiger partial charge >= 0.3 is 6.09 Å². The van der Waals surface area contributed by atoms with E-state index in [1.54, 1.807) is 12.2 Å². The zero-order valence-electron chi connectivity index (χ0n) is 5.92. The first-order valence-corrected chi connectivity index (χ1v) is 2.85. The third-order valence-electron chi connectivity index (χ3n) is 0.614. The second-order valence-corrected chi connectivity index (χ2v) is 1.87. The summed E-state index contributed by atoms with van der Waals surface area (Å²) in [5.74, 6) is -2.20.